The maximum atomic E-state index is 13.1. The zero-order chi connectivity index (χ0) is 20.8. The molecule has 0 fully saturated rings. The summed E-state index contributed by atoms with van der Waals surface area (Å²) in [6.45, 7) is 5.80. The van der Waals surface area contributed by atoms with E-state index in [2.05, 4.69) is 21.2 Å². The molecule has 2 rings (SSSR count). The van der Waals surface area contributed by atoms with Crippen LogP contribution in [0.2, 0.25) is 10.0 Å². The topological polar surface area (TPSA) is 49.4 Å². The molecular weight excluding hydrogens is 463 g/mol. The highest BCUT2D eigenvalue weighted by molar-refractivity contribution is 9.10. The molecule has 0 heterocycles. The van der Waals surface area contributed by atoms with Gasteiger partial charge in [0.15, 0.2) is 0 Å². The molecule has 2 aromatic rings. The van der Waals surface area contributed by atoms with Gasteiger partial charge < -0.3 is 10.2 Å². The number of benzene rings is 2. The fourth-order valence-electron chi connectivity index (χ4n) is 2.73. The molecule has 0 radical (unpaired) electrons. The van der Waals surface area contributed by atoms with Gasteiger partial charge in [0.25, 0.3) is 0 Å². The molecule has 7 heteroatoms. The van der Waals surface area contributed by atoms with Gasteiger partial charge in [0.1, 0.15) is 6.04 Å². The summed E-state index contributed by atoms with van der Waals surface area (Å²) in [7, 11) is 0. The van der Waals surface area contributed by atoms with Gasteiger partial charge in [-0.05, 0) is 56.2 Å². The Labute approximate surface area is 184 Å². The lowest BCUT2D eigenvalue weighted by Crippen LogP contribution is -2.49. The fourth-order valence-corrected chi connectivity index (χ4v) is 3.52. The predicted octanol–water partition coefficient (Wildman–Crippen LogP) is 5.24. The molecule has 2 amide bonds. The normalized spacial score (nSPS) is 12.0. The number of rotatable bonds is 7. The zero-order valence-corrected chi connectivity index (χ0v) is 19.1. The van der Waals surface area contributed by atoms with Crippen molar-refractivity contribution in [2.75, 3.05) is 0 Å². The van der Waals surface area contributed by atoms with Crippen molar-refractivity contribution in [1.82, 2.24) is 10.2 Å². The number of nitrogens with one attached hydrogen (secondary N) is 1. The van der Waals surface area contributed by atoms with Crippen molar-refractivity contribution in [1.29, 1.82) is 0 Å². The maximum absolute atomic E-state index is 13.1. The predicted molar refractivity (Wildman–Crippen MR) is 118 cm³/mol. The summed E-state index contributed by atoms with van der Waals surface area (Å²) in [5.41, 5.74) is 1.49. The molecule has 0 aliphatic rings. The second-order valence-corrected chi connectivity index (χ2v) is 8.59. The summed E-state index contributed by atoms with van der Waals surface area (Å²) in [4.78, 5) is 27.3. The second kappa shape index (κ2) is 10.3. The minimum absolute atomic E-state index is 0.0161. The minimum atomic E-state index is -0.639. The lowest BCUT2D eigenvalue weighted by molar-refractivity contribution is -0.140. The summed E-state index contributed by atoms with van der Waals surface area (Å²) in [5.74, 6) is -0.421. The van der Waals surface area contributed by atoms with Crippen LogP contribution in [0.4, 0.5) is 0 Å². The number of halogens is 3. The molecule has 4 nitrogen and oxygen atoms in total. The summed E-state index contributed by atoms with van der Waals surface area (Å²) in [6.07, 6.45) is 0.0222. The van der Waals surface area contributed by atoms with Crippen molar-refractivity contribution in [3.63, 3.8) is 0 Å². The third-order valence-electron chi connectivity index (χ3n) is 4.25. The molecule has 0 aromatic heterocycles. The van der Waals surface area contributed by atoms with E-state index >= 15 is 0 Å². The van der Waals surface area contributed by atoms with E-state index in [1.54, 1.807) is 30.0 Å². The molecule has 28 heavy (non-hydrogen) atoms. The molecule has 1 N–H and O–H groups in total. The van der Waals surface area contributed by atoms with Gasteiger partial charge in [-0.2, -0.15) is 0 Å². The van der Waals surface area contributed by atoms with Crippen LogP contribution in [0, 0.1) is 0 Å². The smallest absolute Gasteiger partial charge is 0.242 e. The third kappa shape index (κ3) is 6.23. The van der Waals surface area contributed by atoms with E-state index in [0.29, 0.717) is 22.2 Å². The van der Waals surface area contributed by atoms with Crippen LogP contribution in [-0.4, -0.2) is 28.8 Å². The van der Waals surface area contributed by atoms with Gasteiger partial charge in [-0.1, -0.05) is 57.3 Å². The van der Waals surface area contributed by atoms with E-state index in [-0.39, 0.29) is 24.3 Å². The first-order valence-corrected chi connectivity index (χ1v) is 10.5. The number of carbonyl (C=O) groups is 2. The van der Waals surface area contributed by atoms with E-state index in [1.165, 1.54) is 0 Å². The van der Waals surface area contributed by atoms with Crippen LogP contribution in [0.3, 0.4) is 0 Å². The van der Waals surface area contributed by atoms with Crippen LogP contribution in [0.5, 0.6) is 0 Å². The van der Waals surface area contributed by atoms with Crippen LogP contribution in [0.15, 0.2) is 46.9 Å². The van der Waals surface area contributed by atoms with Crippen molar-refractivity contribution in [3.05, 3.63) is 68.1 Å². The molecule has 1 atom stereocenters. The van der Waals surface area contributed by atoms with Gasteiger partial charge in [-0.15, -0.1) is 0 Å². The number of hydrogen-bond donors (Lipinski definition) is 1. The summed E-state index contributed by atoms with van der Waals surface area (Å²) < 4.78 is 0.947. The van der Waals surface area contributed by atoms with Crippen LogP contribution in [0.25, 0.3) is 0 Å². The fraction of sp³-hybridized carbons (Fsp3) is 0.333. The van der Waals surface area contributed by atoms with Gasteiger partial charge in [0.05, 0.1) is 6.42 Å². The highest BCUT2D eigenvalue weighted by Gasteiger charge is 2.27. The number of hydrogen-bond acceptors (Lipinski definition) is 2. The molecule has 150 valence electrons. The average Bonchev–Trinajstić information content (AvgIpc) is 2.63. The number of carbonyl (C=O) groups excluding carboxylic acids is 2. The summed E-state index contributed by atoms with van der Waals surface area (Å²) in [5, 5.41) is 3.73. The molecule has 0 unspecified atom stereocenters. The van der Waals surface area contributed by atoms with E-state index in [1.807, 2.05) is 38.1 Å². The van der Waals surface area contributed by atoms with E-state index in [4.69, 9.17) is 23.2 Å². The Morgan fingerprint density at radius 2 is 1.61 bits per heavy atom. The minimum Gasteiger partial charge on any atom is -0.352 e. The van der Waals surface area contributed by atoms with Gasteiger partial charge >= 0.3 is 0 Å². The maximum Gasteiger partial charge on any atom is 0.242 e. The molecule has 0 saturated heterocycles. The van der Waals surface area contributed by atoms with Crippen molar-refractivity contribution >= 4 is 50.9 Å². The molecular formula is C21H23BrCl2N2O2. The van der Waals surface area contributed by atoms with Crippen molar-refractivity contribution in [2.24, 2.45) is 0 Å². The monoisotopic (exact) mass is 484 g/mol. The average molecular weight is 486 g/mol. The summed E-state index contributed by atoms with van der Waals surface area (Å²) in [6, 6.07) is 12.1. The Balaban J connectivity index is 2.29. The van der Waals surface area contributed by atoms with Crippen LogP contribution in [0.1, 0.15) is 31.9 Å². The van der Waals surface area contributed by atoms with Gasteiger partial charge in [0.2, 0.25) is 11.8 Å². The number of amides is 2. The first-order valence-electron chi connectivity index (χ1n) is 8.96. The Morgan fingerprint density at radius 3 is 2.14 bits per heavy atom. The lowest BCUT2D eigenvalue weighted by Gasteiger charge is -2.29. The largest absolute Gasteiger partial charge is 0.352 e. The van der Waals surface area contributed by atoms with Crippen molar-refractivity contribution < 1.29 is 9.59 Å². The molecule has 0 spiro atoms. The highest BCUT2D eigenvalue weighted by Crippen LogP contribution is 2.26. The standard InChI is InChI=1S/C21H23BrCl2N2O2/c1-13(2)25-21(28)14(3)26(12-15-7-9-16(22)10-8-15)20(27)11-17-18(23)5-4-6-19(17)24/h4-10,13-14H,11-12H2,1-3H3,(H,25,28)/t14-/m1/s1. The quantitative estimate of drug-likeness (QED) is 0.582. The van der Waals surface area contributed by atoms with Crippen molar-refractivity contribution in [2.45, 2.75) is 45.8 Å². The zero-order valence-electron chi connectivity index (χ0n) is 16.0. The van der Waals surface area contributed by atoms with Crippen LogP contribution < -0.4 is 5.32 Å². The van der Waals surface area contributed by atoms with Crippen molar-refractivity contribution in [3.8, 4) is 0 Å². The first-order chi connectivity index (χ1) is 13.2. The number of nitrogens with zero attached hydrogens (tertiary/aromatic N) is 1. The Kier molecular flexibility index (Phi) is 8.35. The first kappa shape index (κ1) is 22.7. The molecule has 0 saturated carbocycles. The van der Waals surface area contributed by atoms with Gasteiger partial charge in [-0.3, -0.25) is 9.59 Å². The molecule has 0 aliphatic heterocycles. The van der Waals surface area contributed by atoms with E-state index in [9.17, 15) is 9.59 Å². The van der Waals surface area contributed by atoms with Crippen LogP contribution >= 0.6 is 39.1 Å². The van der Waals surface area contributed by atoms with Crippen LogP contribution in [-0.2, 0) is 22.6 Å². The van der Waals surface area contributed by atoms with E-state index < -0.39 is 6.04 Å². The Hall–Kier alpha value is -1.56. The summed E-state index contributed by atoms with van der Waals surface area (Å²) >= 11 is 15.9. The van der Waals surface area contributed by atoms with E-state index in [0.717, 1.165) is 10.0 Å². The Bertz CT molecular complexity index is 821. The SMILES string of the molecule is CC(C)NC(=O)[C@@H](C)N(Cc1ccc(Br)cc1)C(=O)Cc1c(Cl)cccc1Cl. The third-order valence-corrected chi connectivity index (χ3v) is 5.49. The molecule has 0 aliphatic carbocycles. The van der Waals surface area contributed by atoms with Gasteiger partial charge in [-0.25, -0.2) is 0 Å². The highest BCUT2D eigenvalue weighted by atomic mass is 79.9. The lowest BCUT2D eigenvalue weighted by atomic mass is 10.1. The van der Waals surface area contributed by atoms with Gasteiger partial charge in [0, 0.05) is 27.1 Å². The Morgan fingerprint density at radius 1 is 1.04 bits per heavy atom. The molecule has 2 aromatic carbocycles. The molecule has 0 bridgehead atoms. The second-order valence-electron chi connectivity index (χ2n) is 6.86.